The van der Waals surface area contributed by atoms with Crippen LogP contribution >= 0.6 is 0 Å². The number of amides is 2. The van der Waals surface area contributed by atoms with Gasteiger partial charge in [-0.1, -0.05) is 6.07 Å². The molecule has 0 atom stereocenters. The normalized spacial score (nSPS) is 15.0. The third kappa shape index (κ3) is 3.82. The second-order valence-corrected chi connectivity index (χ2v) is 5.57. The Bertz CT molecular complexity index is 767. The molecule has 0 bridgehead atoms. The Morgan fingerprint density at radius 2 is 1.84 bits per heavy atom. The topological polar surface area (TPSA) is 96.1 Å². The van der Waals surface area contributed by atoms with E-state index in [2.05, 4.69) is 20.8 Å². The van der Waals surface area contributed by atoms with Crippen LogP contribution in [0.1, 0.15) is 33.7 Å². The molecule has 2 heterocycles. The van der Waals surface area contributed by atoms with Gasteiger partial charge in [-0.15, -0.1) is 0 Å². The highest BCUT2D eigenvalue weighted by Crippen LogP contribution is 2.18. The van der Waals surface area contributed by atoms with Gasteiger partial charge in [0.2, 0.25) is 0 Å². The summed E-state index contributed by atoms with van der Waals surface area (Å²) in [4.78, 5) is 24.5. The Kier molecular flexibility index (Phi) is 5.03. The molecule has 0 aliphatic carbocycles. The number of aromatic nitrogens is 2. The van der Waals surface area contributed by atoms with Crippen LogP contribution in [-0.4, -0.2) is 41.3 Å². The van der Waals surface area contributed by atoms with Gasteiger partial charge in [-0.25, -0.2) is 8.78 Å². The van der Waals surface area contributed by atoms with Crippen LogP contribution in [0.4, 0.5) is 14.5 Å². The quantitative estimate of drug-likeness (QED) is 0.784. The van der Waals surface area contributed by atoms with Crippen LogP contribution < -0.4 is 10.6 Å². The van der Waals surface area contributed by atoms with Crippen molar-refractivity contribution >= 4 is 17.5 Å². The summed E-state index contributed by atoms with van der Waals surface area (Å²) in [5.41, 5.74) is -0.673. The van der Waals surface area contributed by atoms with Gasteiger partial charge in [0.05, 0.1) is 11.9 Å². The fourth-order valence-corrected chi connectivity index (χ4v) is 2.55. The van der Waals surface area contributed by atoms with Gasteiger partial charge in [-0.3, -0.25) is 14.7 Å². The summed E-state index contributed by atoms with van der Waals surface area (Å²) >= 11 is 0. The van der Waals surface area contributed by atoms with Crippen molar-refractivity contribution in [3.05, 3.63) is 47.3 Å². The third-order valence-electron chi connectivity index (χ3n) is 3.86. The number of ether oxygens (including phenoxy) is 1. The molecule has 3 N–H and O–H groups in total. The third-order valence-corrected chi connectivity index (χ3v) is 3.86. The largest absolute Gasteiger partial charge is 0.381 e. The minimum Gasteiger partial charge on any atom is -0.381 e. The predicted molar refractivity (Wildman–Crippen MR) is 84.2 cm³/mol. The Morgan fingerprint density at radius 1 is 1.16 bits per heavy atom. The Morgan fingerprint density at radius 3 is 2.52 bits per heavy atom. The first-order valence-corrected chi connectivity index (χ1v) is 7.73. The molecular formula is C16H16F2N4O3. The van der Waals surface area contributed by atoms with Gasteiger partial charge < -0.3 is 15.4 Å². The van der Waals surface area contributed by atoms with Gasteiger partial charge in [0, 0.05) is 19.3 Å². The second kappa shape index (κ2) is 7.39. The van der Waals surface area contributed by atoms with Crippen LogP contribution in [0, 0.1) is 11.6 Å². The van der Waals surface area contributed by atoms with E-state index in [-0.39, 0.29) is 17.4 Å². The summed E-state index contributed by atoms with van der Waals surface area (Å²) in [6.45, 7) is 1.12. The smallest absolute Gasteiger partial charge is 0.271 e. The summed E-state index contributed by atoms with van der Waals surface area (Å²) in [6.07, 6.45) is 2.57. The molecule has 7 nitrogen and oxygen atoms in total. The van der Waals surface area contributed by atoms with Crippen molar-refractivity contribution in [3.8, 4) is 0 Å². The first-order chi connectivity index (χ1) is 12.1. The number of carbonyl (C=O) groups excluding carboxylic acids is 2. The van der Waals surface area contributed by atoms with E-state index in [1.54, 1.807) is 0 Å². The lowest BCUT2D eigenvalue weighted by Gasteiger charge is -2.22. The van der Waals surface area contributed by atoms with Crippen LogP contribution in [0.3, 0.4) is 0 Å². The van der Waals surface area contributed by atoms with E-state index >= 15 is 0 Å². The molecule has 1 aromatic heterocycles. The number of aromatic amines is 1. The van der Waals surface area contributed by atoms with E-state index in [4.69, 9.17) is 4.74 Å². The highest BCUT2D eigenvalue weighted by molar-refractivity contribution is 6.08. The standard InChI is InChI=1S/C16H16F2N4O3/c17-10-2-1-3-11(18)13(10)15(23)21-12-8-19-22-14(12)16(24)20-9-4-6-25-7-5-9/h1-3,8-9H,4-7H2,(H,19,22)(H,20,24)(H,21,23). The maximum Gasteiger partial charge on any atom is 0.271 e. The highest BCUT2D eigenvalue weighted by atomic mass is 19.1. The lowest BCUT2D eigenvalue weighted by molar-refractivity contribution is 0.0694. The summed E-state index contributed by atoms with van der Waals surface area (Å²) in [5, 5.41) is 11.3. The molecule has 1 aromatic carbocycles. The number of rotatable bonds is 4. The molecule has 2 amide bonds. The summed E-state index contributed by atoms with van der Waals surface area (Å²) in [7, 11) is 0. The molecule has 2 aromatic rings. The number of halogens is 2. The SMILES string of the molecule is O=C(NC1CCOCC1)c1[nH]ncc1NC(=O)c1c(F)cccc1F. The molecule has 1 fully saturated rings. The second-order valence-electron chi connectivity index (χ2n) is 5.57. The highest BCUT2D eigenvalue weighted by Gasteiger charge is 2.23. The fourth-order valence-electron chi connectivity index (χ4n) is 2.55. The molecule has 0 radical (unpaired) electrons. The maximum atomic E-state index is 13.7. The molecule has 0 saturated carbocycles. The molecule has 25 heavy (non-hydrogen) atoms. The van der Waals surface area contributed by atoms with E-state index < -0.39 is 29.0 Å². The molecule has 132 valence electrons. The van der Waals surface area contributed by atoms with E-state index in [9.17, 15) is 18.4 Å². The predicted octanol–water partition coefficient (Wildman–Crippen LogP) is 1.85. The number of nitrogens with zero attached hydrogens (tertiary/aromatic N) is 1. The average Bonchev–Trinajstić information content (AvgIpc) is 3.04. The Hall–Kier alpha value is -2.81. The summed E-state index contributed by atoms with van der Waals surface area (Å²) < 4.78 is 32.6. The zero-order chi connectivity index (χ0) is 17.8. The van der Waals surface area contributed by atoms with E-state index in [0.717, 1.165) is 18.2 Å². The summed E-state index contributed by atoms with van der Waals surface area (Å²) in [5.74, 6) is -3.45. The molecular weight excluding hydrogens is 334 g/mol. The number of anilines is 1. The molecule has 1 aliphatic rings. The van der Waals surface area contributed by atoms with Crippen molar-refractivity contribution in [2.75, 3.05) is 18.5 Å². The zero-order valence-corrected chi connectivity index (χ0v) is 13.1. The van der Waals surface area contributed by atoms with E-state index in [0.29, 0.717) is 26.1 Å². The number of nitrogens with one attached hydrogen (secondary N) is 3. The lowest BCUT2D eigenvalue weighted by atomic mass is 10.1. The van der Waals surface area contributed by atoms with Gasteiger partial charge in [-0.05, 0) is 25.0 Å². The van der Waals surface area contributed by atoms with Gasteiger partial charge in [-0.2, -0.15) is 5.10 Å². The average molecular weight is 350 g/mol. The van der Waals surface area contributed by atoms with Gasteiger partial charge >= 0.3 is 0 Å². The van der Waals surface area contributed by atoms with Gasteiger partial charge in [0.1, 0.15) is 22.9 Å². The maximum absolute atomic E-state index is 13.7. The van der Waals surface area contributed by atoms with Crippen molar-refractivity contribution in [3.63, 3.8) is 0 Å². The van der Waals surface area contributed by atoms with Crippen LogP contribution in [0.5, 0.6) is 0 Å². The van der Waals surface area contributed by atoms with E-state index in [1.807, 2.05) is 0 Å². The Labute approximate surface area is 141 Å². The van der Waals surface area contributed by atoms with Crippen LogP contribution in [0.2, 0.25) is 0 Å². The van der Waals surface area contributed by atoms with E-state index in [1.165, 1.54) is 6.20 Å². The van der Waals surface area contributed by atoms with Crippen LogP contribution in [0.15, 0.2) is 24.4 Å². The van der Waals surface area contributed by atoms with Crippen molar-refractivity contribution in [1.29, 1.82) is 0 Å². The lowest BCUT2D eigenvalue weighted by Crippen LogP contribution is -2.39. The van der Waals surface area contributed by atoms with Gasteiger partial charge in [0.15, 0.2) is 0 Å². The number of hydrogen-bond acceptors (Lipinski definition) is 4. The number of benzene rings is 1. The van der Waals surface area contributed by atoms with Crippen LogP contribution in [-0.2, 0) is 4.74 Å². The number of carbonyl (C=O) groups is 2. The molecule has 0 spiro atoms. The zero-order valence-electron chi connectivity index (χ0n) is 13.1. The fraction of sp³-hybridized carbons (Fsp3) is 0.312. The van der Waals surface area contributed by atoms with Crippen molar-refractivity contribution in [2.45, 2.75) is 18.9 Å². The van der Waals surface area contributed by atoms with Gasteiger partial charge in [0.25, 0.3) is 11.8 Å². The number of H-pyrrole nitrogens is 1. The van der Waals surface area contributed by atoms with Crippen molar-refractivity contribution in [2.24, 2.45) is 0 Å². The molecule has 1 saturated heterocycles. The van der Waals surface area contributed by atoms with Crippen molar-refractivity contribution in [1.82, 2.24) is 15.5 Å². The van der Waals surface area contributed by atoms with Crippen LogP contribution in [0.25, 0.3) is 0 Å². The molecule has 0 unspecified atom stereocenters. The minimum absolute atomic E-state index is 0.0107. The monoisotopic (exact) mass is 350 g/mol. The summed E-state index contributed by atoms with van der Waals surface area (Å²) in [6, 6.07) is 3.07. The first kappa shape index (κ1) is 17.0. The molecule has 1 aliphatic heterocycles. The molecule has 3 rings (SSSR count). The van der Waals surface area contributed by atoms with Crippen molar-refractivity contribution < 1.29 is 23.1 Å². The number of hydrogen-bond donors (Lipinski definition) is 3. The first-order valence-electron chi connectivity index (χ1n) is 7.73. The molecule has 9 heteroatoms. The Balaban J connectivity index is 1.73. The minimum atomic E-state index is -1.00.